The number of rotatable bonds is 11. The Kier molecular flexibility index (Phi) is 10.9. The summed E-state index contributed by atoms with van der Waals surface area (Å²) in [5, 5.41) is 0.942. The monoisotopic (exact) mass is 299 g/mol. The first kappa shape index (κ1) is 18.4. The minimum absolute atomic E-state index is 0.894. The summed E-state index contributed by atoms with van der Waals surface area (Å²) >= 11 is 2.06. The second-order valence-corrected chi connectivity index (χ2v) is 8.07. The molecule has 0 aromatic heterocycles. The van der Waals surface area contributed by atoms with Crippen molar-refractivity contribution in [2.24, 2.45) is 5.92 Å². The predicted octanol–water partition coefficient (Wildman–Crippen LogP) is 5.59. The summed E-state index contributed by atoms with van der Waals surface area (Å²) in [7, 11) is 0. The van der Waals surface area contributed by atoms with E-state index in [0.717, 1.165) is 11.2 Å². The summed E-state index contributed by atoms with van der Waals surface area (Å²) in [5.74, 6) is 0.894. The van der Waals surface area contributed by atoms with Crippen LogP contribution in [0.3, 0.4) is 0 Å². The highest BCUT2D eigenvalue weighted by Crippen LogP contribution is 2.21. The van der Waals surface area contributed by atoms with Crippen LogP contribution >= 0.6 is 11.8 Å². The number of hydrogen-bond acceptors (Lipinski definition) is 2. The van der Waals surface area contributed by atoms with E-state index in [2.05, 4.69) is 36.8 Å². The molecule has 1 heterocycles. The fourth-order valence-electron chi connectivity index (χ4n) is 3.14. The molecule has 0 radical (unpaired) electrons. The number of piperidine rings is 1. The molecule has 1 aliphatic rings. The molecule has 1 aliphatic heterocycles. The van der Waals surface area contributed by atoms with Crippen LogP contribution in [0.15, 0.2) is 0 Å². The topological polar surface area (TPSA) is 3.24 Å². The van der Waals surface area contributed by atoms with Crippen molar-refractivity contribution in [3.05, 3.63) is 0 Å². The Bertz CT molecular complexity index is 209. The minimum Gasteiger partial charge on any atom is -0.303 e. The molecule has 1 nitrogen and oxygen atoms in total. The number of likely N-dealkylation sites (tertiary alicyclic amines) is 1. The zero-order chi connectivity index (χ0) is 14.6. The second kappa shape index (κ2) is 11.9. The molecule has 1 saturated heterocycles. The summed E-state index contributed by atoms with van der Waals surface area (Å²) in [6.45, 7) is 8.72. The standard InChI is InChI=1S/C18H37NS/c1-17(2)11-9-7-5-4-6-8-10-14-19-15-12-18(20-3)13-16-19/h17-18H,4-16H2,1-3H3. The zero-order valence-corrected chi connectivity index (χ0v) is 15.0. The Morgan fingerprint density at radius 2 is 1.45 bits per heavy atom. The maximum Gasteiger partial charge on any atom is 0.00685 e. The largest absolute Gasteiger partial charge is 0.303 e. The first-order valence-electron chi connectivity index (χ1n) is 8.97. The van der Waals surface area contributed by atoms with Crippen LogP contribution in [0, 0.1) is 5.92 Å². The molecular weight excluding hydrogens is 262 g/mol. The van der Waals surface area contributed by atoms with Crippen molar-refractivity contribution < 1.29 is 0 Å². The van der Waals surface area contributed by atoms with Crippen molar-refractivity contribution in [3.63, 3.8) is 0 Å². The molecule has 0 atom stereocenters. The van der Waals surface area contributed by atoms with Gasteiger partial charge >= 0.3 is 0 Å². The quantitative estimate of drug-likeness (QED) is 0.457. The van der Waals surface area contributed by atoms with E-state index in [1.165, 1.54) is 83.8 Å². The SMILES string of the molecule is CSC1CCN(CCCCCCCCCC(C)C)CC1. The van der Waals surface area contributed by atoms with Gasteiger partial charge in [-0.25, -0.2) is 0 Å². The highest BCUT2D eigenvalue weighted by Gasteiger charge is 2.17. The molecule has 0 saturated carbocycles. The third-order valence-electron chi connectivity index (χ3n) is 4.62. The lowest BCUT2D eigenvalue weighted by atomic mass is 10.0. The predicted molar refractivity (Wildman–Crippen MR) is 94.8 cm³/mol. The van der Waals surface area contributed by atoms with Gasteiger partial charge in [0.15, 0.2) is 0 Å². The van der Waals surface area contributed by atoms with E-state index < -0.39 is 0 Å². The molecule has 0 N–H and O–H groups in total. The molecule has 120 valence electrons. The van der Waals surface area contributed by atoms with E-state index in [9.17, 15) is 0 Å². The van der Waals surface area contributed by atoms with Crippen LogP contribution in [0.5, 0.6) is 0 Å². The fraction of sp³-hybridized carbons (Fsp3) is 1.00. The smallest absolute Gasteiger partial charge is 0.00685 e. The van der Waals surface area contributed by atoms with Gasteiger partial charge in [0.1, 0.15) is 0 Å². The summed E-state index contributed by atoms with van der Waals surface area (Å²) in [6.07, 6.45) is 16.7. The number of unbranched alkanes of at least 4 members (excludes halogenated alkanes) is 6. The van der Waals surface area contributed by atoms with E-state index >= 15 is 0 Å². The van der Waals surface area contributed by atoms with Gasteiger partial charge in [0.25, 0.3) is 0 Å². The maximum absolute atomic E-state index is 2.69. The van der Waals surface area contributed by atoms with Gasteiger partial charge in [-0.1, -0.05) is 58.8 Å². The van der Waals surface area contributed by atoms with Crippen molar-refractivity contribution in [2.75, 3.05) is 25.9 Å². The maximum atomic E-state index is 2.69. The fourth-order valence-corrected chi connectivity index (χ4v) is 3.82. The molecule has 20 heavy (non-hydrogen) atoms. The van der Waals surface area contributed by atoms with Crippen LogP contribution in [0.4, 0.5) is 0 Å². The van der Waals surface area contributed by atoms with Gasteiger partial charge < -0.3 is 4.90 Å². The summed E-state index contributed by atoms with van der Waals surface area (Å²) in [5.41, 5.74) is 0. The van der Waals surface area contributed by atoms with Crippen molar-refractivity contribution >= 4 is 11.8 Å². The zero-order valence-electron chi connectivity index (χ0n) is 14.2. The van der Waals surface area contributed by atoms with Crippen LogP contribution < -0.4 is 0 Å². The van der Waals surface area contributed by atoms with Gasteiger partial charge in [-0.05, 0) is 51.1 Å². The Balaban J connectivity index is 1.81. The highest BCUT2D eigenvalue weighted by atomic mass is 32.2. The third-order valence-corrected chi connectivity index (χ3v) is 5.76. The minimum atomic E-state index is 0.894. The molecule has 0 aromatic rings. The summed E-state index contributed by atoms with van der Waals surface area (Å²) in [6, 6.07) is 0. The molecule has 0 aromatic carbocycles. The lowest BCUT2D eigenvalue weighted by molar-refractivity contribution is 0.228. The van der Waals surface area contributed by atoms with E-state index in [0.29, 0.717) is 0 Å². The van der Waals surface area contributed by atoms with Crippen LogP contribution in [-0.4, -0.2) is 36.0 Å². The summed E-state index contributed by atoms with van der Waals surface area (Å²) in [4.78, 5) is 2.69. The second-order valence-electron chi connectivity index (χ2n) is 6.93. The normalized spacial score (nSPS) is 18.0. The molecule has 0 aliphatic carbocycles. The van der Waals surface area contributed by atoms with Crippen molar-refractivity contribution in [1.82, 2.24) is 4.90 Å². The Labute approximate surface area is 132 Å². The van der Waals surface area contributed by atoms with E-state index in [4.69, 9.17) is 0 Å². The van der Waals surface area contributed by atoms with Crippen molar-refractivity contribution in [2.45, 2.75) is 83.3 Å². The van der Waals surface area contributed by atoms with Crippen molar-refractivity contribution in [1.29, 1.82) is 0 Å². The average Bonchev–Trinajstić information content (AvgIpc) is 2.46. The van der Waals surface area contributed by atoms with Gasteiger partial charge in [-0.15, -0.1) is 0 Å². The molecule has 0 bridgehead atoms. The molecule has 0 spiro atoms. The van der Waals surface area contributed by atoms with Crippen LogP contribution in [-0.2, 0) is 0 Å². The van der Waals surface area contributed by atoms with Gasteiger partial charge in [-0.2, -0.15) is 11.8 Å². The average molecular weight is 300 g/mol. The van der Waals surface area contributed by atoms with Gasteiger partial charge in [0.2, 0.25) is 0 Å². The van der Waals surface area contributed by atoms with Crippen LogP contribution in [0.2, 0.25) is 0 Å². The molecule has 2 heteroatoms. The molecule has 1 fully saturated rings. The number of nitrogens with zero attached hydrogens (tertiary/aromatic N) is 1. The molecular formula is C18H37NS. The first-order chi connectivity index (χ1) is 9.72. The Morgan fingerprint density at radius 1 is 0.900 bits per heavy atom. The lowest BCUT2D eigenvalue weighted by Crippen LogP contribution is -2.35. The summed E-state index contributed by atoms with van der Waals surface area (Å²) < 4.78 is 0. The van der Waals surface area contributed by atoms with Gasteiger partial charge in [0.05, 0.1) is 0 Å². The van der Waals surface area contributed by atoms with Gasteiger partial charge in [0, 0.05) is 5.25 Å². The third kappa shape index (κ3) is 9.28. The van der Waals surface area contributed by atoms with E-state index in [-0.39, 0.29) is 0 Å². The van der Waals surface area contributed by atoms with Crippen molar-refractivity contribution in [3.8, 4) is 0 Å². The molecule has 1 rings (SSSR count). The van der Waals surface area contributed by atoms with E-state index in [1.807, 2.05) is 0 Å². The number of thioether (sulfide) groups is 1. The Hall–Kier alpha value is 0.310. The van der Waals surface area contributed by atoms with Crippen LogP contribution in [0.1, 0.15) is 78.1 Å². The Morgan fingerprint density at radius 3 is 2.00 bits per heavy atom. The van der Waals surface area contributed by atoms with E-state index in [1.54, 1.807) is 0 Å². The first-order valence-corrected chi connectivity index (χ1v) is 10.3. The molecule has 0 amide bonds. The molecule has 0 unspecified atom stereocenters. The highest BCUT2D eigenvalue weighted by molar-refractivity contribution is 7.99. The van der Waals surface area contributed by atoms with Crippen LogP contribution in [0.25, 0.3) is 0 Å². The van der Waals surface area contributed by atoms with Gasteiger partial charge in [-0.3, -0.25) is 0 Å². The lowest BCUT2D eigenvalue weighted by Gasteiger charge is -2.31. The number of hydrogen-bond donors (Lipinski definition) is 0.